The Morgan fingerprint density at radius 2 is 0.554 bits per heavy atom. The molecule has 6 heteroatoms. The van der Waals surface area contributed by atoms with Crippen LogP contribution in [0, 0.1) is 0 Å². The Morgan fingerprint density at radius 3 is 0.824 bits per heavy atom. The van der Waals surface area contributed by atoms with Crippen LogP contribution in [0.3, 0.4) is 0 Å². The molecule has 0 saturated heterocycles. The summed E-state index contributed by atoms with van der Waals surface area (Å²) in [5.74, 6) is -0.00711. The van der Waals surface area contributed by atoms with Crippen molar-refractivity contribution >= 4 is 11.9 Å². The molecule has 0 fully saturated rings. The van der Waals surface area contributed by atoms with Gasteiger partial charge in [-0.15, -0.1) is 0 Å². The van der Waals surface area contributed by atoms with Crippen molar-refractivity contribution in [2.45, 2.75) is 411 Å². The van der Waals surface area contributed by atoms with Crippen LogP contribution >= 0.6 is 0 Å². The van der Waals surface area contributed by atoms with Crippen LogP contribution in [0.5, 0.6) is 0 Å². The highest BCUT2D eigenvalue weighted by Gasteiger charge is 2.20. The molecule has 1 amide bonds. The van der Waals surface area contributed by atoms with Gasteiger partial charge in [-0.2, -0.15) is 0 Å². The predicted molar refractivity (Wildman–Crippen MR) is 324 cm³/mol. The number of hydrogen-bond donors (Lipinski definition) is 3. The summed E-state index contributed by atoms with van der Waals surface area (Å²) in [6.45, 7) is 5.00. The highest BCUT2D eigenvalue weighted by atomic mass is 16.5. The van der Waals surface area contributed by atoms with Crippen LogP contribution < -0.4 is 5.32 Å². The third kappa shape index (κ3) is 60.1. The first-order chi connectivity index (χ1) is 36.5. The quantitative estimate of drug-likeness (QED) is 0.0417. The molecule has 442 valence electrons. The Hall–Kier alpha value is -1.14. The molecule has 2 atom stereocenters. The van der Waals surface area contributed by atoms with Gasteiger partial charge in [0.15, 0.2) is 0 Å². The smallest absolute Gasteiger partial charge is 0.305 e. The maximum absolute atomic E-state index is 12.5. The lowest BCUT2D eigenvalue weighted by Gasteiger charge is -2.22. The van der Waals surface area contributed by atoms with Crippen molar-refractivity contribution < 1.29 is 24.5 Å². The molecule has 3 N–H and O–H groups in total. The van der Waals surface area contributed by atoms with Crippen LogP contribution in [0.15, 0.2) is 0 Å². The van der Waals surface area contributed by atoms with Gasteiger partial charge in [0.1, 0.15) is 0 Å². The van der Waals surface area contributed by atoms with Crippen LogP contribution in [0.4, 0.5) is 0 Å². The van der Waals surface area contributed by atoms with Crippen LogP contribution in [0.25, 0.3) is 0 Å². The van der Waals surface area contributed by atoms with Crippen LogP contribution in [-0.4, -0.2) is 47.4 Å². The molecule has 0 bridgehead atoms. The summed E-state index contributed by atoms with van der Waals surface area (Å²) < 4.78 is 5.50. The lowest BCUT2D eigenvalue weighted by molar-refractivity contribution is -0.143. The summed E-state index contributed by atoms with van der Waals surface area (Å²) in [7, 11) is 0. The Kier molecular flexibility index (Phi) is 63.4. The van der Waals surface area contributed by atoms with Gasteiger partial charge in [0.05, 0.1) is 25.4 Å². The number of aliphatic hydroxyl groups excluding tert-OH is 2. The second-order valence-corrected chi connectivity index (χ2v) is 23.9. The van der Waals surface area contributed by atoms with E-state index in [9.17, 15) is 19.8 Å². The van der Waals surface area contributed by atoms with Gasteiger partial charge in [-0.05, 0) is 25.7 Å². The van der Waals surface area contributed by atoms with Gasteiger partial charge in [0.2, 0.25) is 5.91 Å². The number of unbranched alkanes of at least 4 members (excludes halogenated alkanes) is 54. The maximum atomic E-state index is 12.5. The Labute approximate surface area is 464 Å². The van der Waals surface area contributed by atoms with E-state index < -0.39 is 12.1 Å². The molecule has 0 saturated carbocycles. The third-order valence-corrected chi connectivity index (χ3v) is 16.4. The average Bonchev–Trinajstić information content (AvgIpc) is 3.40. The summed E-state index contributed by atoms with van der Waals surface area (Å²) in [5.41, 5.74) is 0. The predicted octanol–water partition coefficient (Wildman–Crippen LogP) is 21.8. The van der Waals surface area contributed by atoms with Gasteiger partial charge in [-0.1, -0.05) is 361 Å². The number of hydrogen-bond acceptors (Lipinski definition) is 5. The van der Waals surface area contributed by atoms with Crippen LogP contribution in [-0.2, 0) is 14.3 Å². The largest absolute Gasteiger partial charge is 0.466 e. The highest BCUT2D eigenvalue weighted by Crippen LogP contribution is 2.19. The standard InChI is InChI=1S/C68H135NO5/c1-3-5-7-9-11-13-15-17-19-34-38-42-46-50-54-58-62-68(73)74-63-59-55-51-47-43-39-35-31-29-27-25-23-21-20-22-24-26-28-30-33-37-41-45-49-53-57-61-67(72)69-65(64-70)66(71)60-56-52-48-44-40-36-32-18-16-14-12-10-8-6-4-2/h65-66,70-71H,3-64H2,1-2H3,(H,69,72). The molecular formula is C68H135NO5. The second kappa shape index (κ2) is 64.4. The molecule has 0 aliphatic carbocycles. The number of carbonyl (C=O) groups excluding carboxylic acids is 2. The average molecular weight is 1050 g/mol. The van der Waals surface area contributed by atoms with Crippen molar-refractivity contribution in [1.29, 1.82) is 0 Å². The number of esters is 1. The molecule has 74 heavy (non-hydrogen) atoms. The van der Waals surface area contributed by atoms with E-state index in [1.165, 1.54) is 327 Å². The first-order valence-electron chi connectivity index (χ1n) is 34.3. The molecule has 0 aromatic rings. The maximum Gasteiger partial charge on any atom is 0.305 e. The zero-order chi connectivity index (χ0) is 53.6. The van der Waals surface area contributed by atoms with Gasteiger partial charge in [-0.25, -0.2) is 0 Å². The van der Waals surface area contributed by atoms with Gasteiger partial charge in [0, 0.05) is 12.8 Å². The first kappa shape index (κ1) is 72.9. The summed E-state index contributed by atoms with van der Waals surface area (Å²) in [4.78, 5) is 24.6. The van der Waals surface area contributed by atoms with Crippen molar-refractivity contribution in [1.82, 2.24) is 5.32 Å². The number of carbonyl (C=O) groups is 2. The van der Waals surface area contributed by atoms with Crippen molar-refractivity contribution in [3.63, 3.8) is 0 Å². The molecular weight excluding hydrogens is 911 g/mol. The zero-order valence-electron chi connectivity index (χ0n) is 50.6. The van der Waals surface area contributed by atoms with Gasteiger partial charge in [0.25, 0.3) is 0 Å². The molecule has 0 heterocycles. The molecule has 0 aromatic carbocycles. The monoisotopic (exact) mass is 1050 g/mol. The summed E-state index contributed by atoms with van der Waals surface area (Å²) in [6.07, 6.45) is 77.1. The van der Waals surface area contributed by atoms with Crippen LogP contribution in [0.1, 0.15) is 399 Å². The van der Waals surface area contributed by atoms with Gasteiger partial charge >= 0.3 is 5.97 Å². The SMILES string of the molecule is CCCCCCCCCCCCCCCCCCC(=O)OCCCCCCCCCCCCCCCCCCCCCCCCCCCCC(=O)NC(CO)C(O)CCCCCCCCCCCCCCCCC. The molecule has 0 spiro atoms. The molecule has 0 aliphatic rings. The van der Waals surface area contributed by atoms with Gasteiger partial charge < -0.3 is 20.3 Å². The minimum Gasteiger partial charge on any atom is -0.466 e. The van der Waals surface area contributed by atoms with Crippen molar-refractivity contribution in [3.05, 3.63) is 0 Å². The lowest BCUT2D eigenvalue weighted by atomic mass is 10.0. The molecule has 0 radical (unpaired) electrons. The fraction of sp³-hybridized carbons (Fsp3) is 0.971. The highest BCUT2D eigenvalue weighted by molar-refractivity contribution is 5.76. The Bertz CT molecular complexity index is 1070. The van der Waals surface area contributed by atoms with Crippen molar-refractivity contribution in [2.75, 3.05) is 13.2 Å². The number of nitrogens with one attached hydrogen (secondary N) is 1. The van der Waals surface area contributed by atoms with Crippen molar-refractivity contribution in [2.24, 2.45) is 0 Å². The lowest BCUT2D eigenvalue weighted by Crippen LogP contribution is -2.45. The van der Waals surface area contributed by atoms with Gasteiger partial charge in [-0.3, -0.25) is 9.59 Å². The van der Waals surface area contributed by atoms with E-state index in [1.807, 2.05) is 0 Å². The third-order valence-electron chi connectivity index (χ3n) is 16.4. The minimum absolute atomic E-state index is 0.0220. The zero-order valence-corrected chi connectivity index (χ0v) is 50.6. The minimum atomic E-state index is -0.661. The van der Waals surface area contributed by atoms with E-state index in [4.69, 9.17) is 4.74 Å². The number of aliphatic hydroxyl groups is 2. The fourth-order valence-electron chi connectivity index (χ4n) is 11.2. The number of amides is 1. The normalized spacial score (nSPS) is 12.4. The second-order valence-electron chi connectivity index (χ2n) is 23.9. The topological polar surface area (TPSA) is 95.9 Å². The van der Waals surface area contributed by atoms with Crippen molar-refractivity contribution in [3.8, 4) is 0 Å². The van der Waals surface area contributed by atoms with E-state index in [-0.39, 0.29) is 18.5 Å². The van der Waals surface area contributed by atoms with E-state index in [0.717, 1.165) is 38.5 Å². The molecule has 0 aliphatic heterocycles. The van der Waals surface area contributed by atoms with Crippen LogP contribution in [0.2, 0.25) is 0 Å². The molecule has 0 aromatic heterocycles. The number of ether oxygens (including phenoxy) is 1. The summed E-state index contributed by atoms with van der Waals surface area (Å²) in [6, 6.07) is -0.538. The number of rotatable bonds is 65. The Morgan fingerprint density at radius 1 is 0.324 bits per heavy atom. The van der Waals surface area contributed by atoms with E-state index >= 15 is 0 Å². The van der Waals surface area contributed by atoms with E-state index in [1.54, 1.807) is 0 Å². The fourth-order valence-corrected chi connectivity index (χ4v) is 11.2. The molecule has 0 rings (SSSR count). The molecule has 2 unspecified atom stereocenters. The first-order valence-corrected chi connectivity index (χ1v) is 34.3. The van der Waals surface area contributed by atoms with E-state index in [0.29, 0.717) is 25.9 Å². The Balaban J connectivity index is 3.32. The summed E-state index contributed by atoms with van der Waals surface area (Å²) >= 11 is 0. The summed E-state index contributed by atoms with van der Waals surface area (Å²) in [5, 5.41) is 23.3. The molecule has 6 nitrogen and oxygen atoms in total. The van der Waals surface area contributed by atoms with E-state index in [2.05, 4.69) is 19.2 Å².